The monoisotopic (exact) mass is 266 g/mol. The fraction of sp³-hybridized carbons (Fsp3) is 0.417. The molecule has 0 bridgehead atoms. The number of likely N-dealkylation sites (N-methyl/N-ethyl adjacent to an activating group) is 2. The molecule has 0 aromatic carbocycles. The van der Waals surface area contributed by atoms with Crippen LogP contribution in [-0.2, 0) is 4.79 Å². The Hall–Kier alpha value is -1.69. The maximum Gasteiger partial charge on any atom is 0.239 e. The van der Waals surface area contributed by atoms with Crippen LogP contribution in [0.1, 0.15) is 19.5 Å². The standard InChI is InChI=1S/C12H18N4OS/c1-3-14-11(17)8-16(4-2)10-7-5-6-9(15-10)12(13)18/h5-7H,3-4,8H2,1-2H3,(H2,13,18)(H,14,17). The molecule has 0 saturated carbocycles. The summed E-state index contributed by atoms with van der Waals surface area (Å²) in [5, 5.41) is 2.76. The first-order chi connectivity index (χ1) is 8.58. The molecule has 0 aliphatic heterocycles. The number of nitrogens with zero attached hydrogens (tertiary/aromatic N) is 2. The first-order valence-electron chi connectivity index (χ1n) is 5.87. The summed E-state index contributed by atoms with van der Waals surface area (Å²) in [6.45, 7) is 5.44. The van der Waals surface area contributed by atoms with Crippen molar-refractivity contribution in [3.8, 4) is 0 Å². The normalized spacial score (nSPS) is 9.89. The Morgan fingerprint density at radius 3 is 2.78 bits per heavy atom. The number of aromatic nitrogens is 1. The molecule has 5 nitrogen and oxygen atoms in total. The number of nitrogens with two attached hydrogens (primary N) is 1. The number of pyridine rings is 1. The zero-order chi connectivity index (χ0) is 13.5. The maximum absolute atomic E-state index is 11.6. The van der Waals surface area contributed by atoms with E-state index in [-0.39, 0.29) is 17.4 Å². The van der Waals surface area contributed by atoms with Crippen molar-refractivity contribution in [2.45, 2.75) is 13.8 Å². The SMILES string of the molecule is CCNC(=O)CN(CC)c1cccc(C(N)=S)n1. The molecule has 0 radical (unpaired) electrons. The minimum atomic E-state index is -0.0260. The van der Waals surface area contributed by atoms with Gasteiger partial charge in [-0.15, -0.1) is 0 Å². The Morgan fingerprint density at radius 1 is 1.50 bits per heavy atom. The van der Waals surface area contributed by atoms with Crippen molar-refractivity contribution in [2.75, 3.05) is 24.5 Å². The zero-order valence-electron chi connectivity index (χ0n) is 10.6. The molecule has 0 aliphatic rings. The van der Waals surface area contributed by atoms with Gasteiger partial charge in [0.05, 0.1) is 12.2 Å². The molecule has 18 heavy (non-hydrogen) atoms. The number of rotatable bonds is 6. The summed E-state index contributed by atoms with van der Waals surface area (Å²) in [7, 11) is 0. The molecule has 0 atom stereocenters. The van der Waals surface area contributed by atoms with Crippen LogP contribution in [0, 0.1) is 0 Å². The van der Waals surface area contributed by atoms with Gasteiger partial charge in [0.2, 0.25) is 5.91 Å². The van der Waals surface area contributed by atoms with E-state index in [1.54, 1.807) is 6.07 Å². The van der Waals surface area contributed by atoms with Crippen molar-refractivity contribution in [1.29, 1.82) is 0 Å². The second-order valence-corrected chi connectivity index (χ2v) is 4.15. The fourth-order valence-electron chi connectivity index (χ4n) is 1.52. The molecule has 0 unspecified atom stereocenters. The molecule has 6 heteroatoms. The van der Waals surface area contributed by atoms with Gasteiger partial charge in [0, 0.05) is 13.1 Å². The van der Waals surface area contributed by atoms with Crippen LogP contribution in [0.4, 0.5) is 5.82 Å². The molecule has 1 aromatic rings. The Labute approximate surface area is 112 Å². The molecule has 0 spiro atoms. The average Bonchev–Trinajstić information content (AvgIpc) is 2.36. The molecule has 1 heterocycles. The van der Waals surface area contributed by atoms with Crippen molar-refractivity contribution in [2.24, 2.45) is 5.73 Å². The molecule has 0 aliphatic carbocycles. The van der Waals surface area contributed by atoms with E-state index >= 15 is 0 Å². The van der Waals surface area contributed by atoms with Crippen LogP contribution in [0.3, 0.4) is 0 Å². The predicted molar refractivity (Wildman–Crippen MR) is 76.7 cm³/mol. The third kappa shape index (κ3) is 3.96. The van der Waals surface area contributed by atoms with Gasteiger partial charge in [-0.05, 0) is 26.0 Å². The highest BCUT2D eigenvalue weighted by Gasteiger charge is 2.11. The largest absolute Gasteiger partial charge is 0.388 e. The van der Waals surface area contributed by atoms with Crippen molar-refractivity contribution < 1.29 is 4.79 Å². The lowest BCUT2D eigenvalue weighted by Gasteiger charge is -2.21. The second-order valence-electron chi connectivity index (χ2n) is 3.71. The van der Waals surface area contributed by atoms with E-state index in [1.807, 2.05) is 30.9 Å². The van der Waals surface area contributed by atoms with Crippen molar-refractivity contribution >= 4 is 28.9 Å². The molecular formula is C12H18N4OS. The van der Waals surface area contributed by atoms with Gasteiger partial charge in [-0.3, -0.25) is 4.79 Å². The highest BCUT2D eigenvalue weighted by Crippen LogP contribution is 2.11. The van der Waals surface area contributed by atoms with Gasteiger partial charge >= 0.3 is 0 Å². The zero-order valence-corrected chi connectivity index (χ0v) is 11.5. The van der Waals surface area contributed by atoms with Crippen LogP contribution < -0.4 is 16.0 Å². The molecule has 3 N–H and O–H groups in total. The lowest BCUT2D eigenvalue weighted by atomic mass is 10.3. The van der Waals surface area contributed by atoms with Crippen molar-refractivity contribution in [1.82, 2.24) is 10.3 Å². The van der Waals surface area contributed by atoms with Gasteiger partial charge in [-0.25, -0.2) is 4.98 Å². The number of carbonyl (C=O) groups excluding carboxylic acids is 1. The second kappa shape index (κ2) is 6.90. The summed E-state index contributed by atoms with van der Waals surface area (Å²) in [6.07, 6.45) is 0. The van der Waals surface area contributed by atoms with Gasteiger partial charge in [0.1, 0.15) is 10.8 Å². The van der Waals surface area contributed by atoms with Crippen LogP contribution in [0.5, 0.6) is 0 Å². The highest BCUT2D eigenvalue weighted by molar-refractivity contribution is 7.80. The number of thiocarbonyl (C=S) groups is 1. The number of carbonyl (C=O) groups is 1. The van der Waals surface area contributed by atoms with Crippen LogP contribution in [0.15, 0.2) is 18.2 Å². The van der Waals surface area contributed by atoms with Crippen LogP contribution in [-0.4, -0.2) is 35.5 Å². The van der Waals surface area contributed by atoms with Crippen molar-refractivity contribution in [3.63, 3.8) is 0 Å². The van der Waals surface area contributed by atoms with E-state index in [1.165, 1.54) is 0 Å². The summed E-state index contributed by atoms with van der Waals surface area (Å²) in [6, 6.07) is 5.42. The minimum absolute atomic E-state index is 0.0260. The molecule has 98 valence electrons. The van der Waals surface area contributed by atoms with Crippen LogP contribution >= 0.6 is 12.2 Å². The van der Waals surface area contributed by atoms with E-state index in [0.717, 1.165) is 0 Å². The summed E-state index contributed by atoms with van der Waals surface area (Å²) in [4.78, 5) is 18.0. The van der Waals surface area contributed by atoms with E-state index in [0.29, 0.717) is 24.6 Å². The number of amides is 1. The quantitative estimate of drug-likeness (QED) is 0.741. The lowest BCUT2D eigenvalue weighted by Crippen LogP contribution is -2.37. The fourth-order valence-corrected chi connectivity index (χ4v) is 1.63. The topological polar surface area (TPSA) is 71.2 Å². The number of hydrogen-bond acceptors (Lipinski definition) is 4. The van der Waals surface area contributed by atoms with Crippen LogP contribution in [0.2, 0.25) is 0 Å². The maximum atomic E-state index is 11.6. The Balaban J connectivity index is 2.84. The summed E-state index contributed by atoms with van der Waals surface area (Å²) < 4.78 is 0. The Bertz CT molecular complexity index is 436. The Morgan fingerprint density at radius 2 is 2.22 bits per heavy atom. The average molecular weight is 266 g/mol. The van der Waals surface area contributed by atoms with E-state index < -0.39 is 0 Å². The number of hydrogen-bond donors (Lipinski definition) is 2. The minimum Gasteiger partial charge on any atom is -0.388 e. The third-order valence-electron chi connectivity index (χ3n) is 2.40. The molecule has 0 fully saturated rings. The molecule has 0 saturated heterocycles. The smallest absolute Gasteiger partial charge is 0.239 e. The lowest BCUT2D eigenvalue weighted by molar-refractivity contribution is -0.119. The molecule has 1 amide bonds. The summed E-state index contributed by atoms with van der Waals surface area (Å²) >= 11 is 4.89. The van der Waals surface area contributed by atoms with Gasteiger partial charge < -0.3 is 16.0 Å². The summed E-state index contributed by atoms with van der Waals surface area (Å²) in [5.74, 6) is 0.677. The summed E-state index contributed by atoms with van der Waals surface area (Å²) in [5.41, 5.74) is 6.11. The van der Waals surface area contributed by atoms with Gasteiger partial charge in [-0.2, -0.15) is 0 Å². The first-order valence-corrected chi connectivity index (χ1v) is 6.27. The van der Waals surface area contributed by atoms with Crippen molar-refractivity contribution in [3.05, 3.63) is 23.9 Å². The number of anilines is 1. The molecular weight excluding hydrogens is 248 g/mol. The van der Waals surface area contributed by atoms with Gasteiger partial charge in [0.25, 0.3) is 0 Å². The Kier molecular flexibility index (Phi) is 5.51. The van der Waals surface area contributed by atoms with E-state index in [2.05, 4.69) is 10.3 Å². The molecule has 1 aromatic heterocycles. The third-order valence-corrected chi connectivity index (χ3v) is 2.61. The van der Waals surface area contributed by atoms with Gasteiger partial charge in [0.15, 0.2) is 0 Å². The first kappa shape index (κ1) is 14.4. The van der Waals surface area contributed by atoms with E-state index in [4.69, 9.17) is 18.0 Å². The highest BCUT2D eigenvalue weighted by atomic mass is 32.1. The molecule has 1 rings (SSSR count). The van der Waals surface area contributed by atoms with Gasteiger partial charge in [-0.1, -0.05) is 18.3 Å². The van der Waals surface area contributed by atoms with E-state index in [9.17, 15) is 4.79 Å². The van der Waals surface area contributed by atoms with Crippen LogP contribution in [0.25, 0.3) is 0 Å². The predicted octanol–water partition coefficient (Wildman–Crippen LogP) is 0.678. The number of nitrogens with one attached hydrogen (secondary N) is 1.